The van der Waals surface area contributed by atoms with Gasteiger partial charge in [0.15, 0.2) is 0 Å². The van der Waals surface area contributed by atoms with Gasteiger partial charge in [-0.3, -0.25) is 4.79 Å². The van der Waals surface area contributed by atoms with Crippen LogP contribution in [0.3, 0.4) is 0 Å². The van der Waals surface area contributed by atoms with Crippen LogP contribution in [0.15, 0.2) is 18.2 Å². The number of carboxylic acid groups (broad SMARTS) is 1. The largest absolute Gasteiger partial charge is 0.497 e. The van der Waals surface area contributed by atoms with Crippen LogP contribution < -0.4 is 10.5 Å². The van der Waals surface area contributed by atoms with Crippen molar-refractivity contribution in [2.75, 3.05) is 12.8 Å². The number of hydrogen-bond acceptors (Lipinski definition) is 3. The highest BCUT2D eigenvalue weighted by Gasteiger charge is 2.22. The molecule has 0 aliphatic rings. The fourth-order valence-corrected chi connectivity index (χ4v) is 2.17. The molecule has 1 atom stereocenters. The Morgan fingerprint density at radius 1 is 1.37 bits per heavy atom. The number of rotatable bonds is 8. The second kappa shape index (κ2) is 7.67. The third kappa shape index (κ3) is 4.47. The minimum absolute atomic E-state index is 0.517. The number of carbonyl (C=O) groups is 1. The van der Waals surface area contributed by atoms with Crippen molar-refractivity contribution in [1.29, 1.82) is 0 Å². The number of nitrogen functional groups attached to an aromatic ring is 1. The molecule has 0 saturated carbocycles. The second-order valence-electron chi connectivity index (χ2n) is 4.74. The Morgan fingerprint density at radius 3 is 2.68 bits per heavy atom. The number of ether oxygens (including phenoxy) is 1. The first kappa shape index (κ1) is 15.3. The maximum absolute atomic E-state index is 11.4. The van der Waals surface area contributed by atoms with Crippen LogP contribution in [0.25, 0.3) is 0 Å². The highest BCUT2D eigenvalue weighted by molar-refractivity contribution is 5.78. The van der Waals surface area contributed by atoms with Crippen LogP contribution >= 0.6 is 0 Å². The lowest BCUT2D eigenvalue weighted by Gasteiger charge is -2.16. The van der Waals surface area contributed by atoms with Gasteiger partial charge in [-0.15, -0.1) is 0 Å². The van der Waals surface area contributed by atoms with E-state index in [1.165, 1.54) is 0 Å². The van der Waals surface area contributed by atoms with Gasteiger partial charge in [0.25, 0.3) is 0 Å². The maximum Gasteiger partial charge on any atom is 0.311 e. The molecule has 1 unspecified atom stereocenters. The van der Waals surface area contributed by atoms with Gasteiger partial charge >= 0.3 is 5.97 Å². The first-order chi connectivity index (χ1) is 9.10. The molecule has 0 aromatic heterocycles. The fraction of sp³-hybridized carbons (Fsp3) is 0.533. The second-order valence-corrected chi connectivity index (χ2v) is 4.74. The molecule has 106 valence electrons. The quantitative estimate of drug-likeness (QED) is 0.558. The molecule has 0 fully saturated rings. The summed E-state index contributed by atoms with van der Waals surface area (Å²) in [5.74, 6) is -0.729. The van der Waals surface area contributed by atoms with Crippen LogP contribution in [0, 0.1) is 0 Å². The highest BCUT2D eigenvalue weighted by Crippen LogP contribution is 2.30. The van der Waals surface area contributed by atoms with Gasteiger partial charge in [0.05, 0.1) is 13.0 Å². The summed E-state index contributed by atoms with van der Waals surface area (Å²) in [6.45, 7) is 2.13. The summed E-state index contributed by atoms with van der Waals surface area (Å²) in [6.07, 6.45) is 4.86. The standard InChI is InChI=1S/C15H23NO3/c1-3-4-5-6-7-12(15(17)18)13-10-11(19-2)8-9-14(13)16/h8-10,12H,3-7,16H2,1-2H3,(H,17,18). The number of aliphatic carboxylic acids is 1. The molecule has 3 N–H and O–H groups in total. The Balaban J connectivity index is 2.83. The molecule has 1 aromatic rings. The number of unbranched alkanes of at least 4 members (excludes halogenated alkanes) is 3. The van der Waals surface area contributed by atoms with Gasteiger partial charge in [0, 0.05) is 5.69 Å². The number of benzene rings is 1. The predicted molar refractivity (Wildman–Crippen MR) is 76.5 cm³/mol. The average Bonchev–Trinajstić information content (AvgIpc) is 2.40. The summed E-state index contributed by atoms with van der Waals surface area (Å²) in [6, 6.07) is 5.18. The average molecular weight is 265 g/mol. The molecule has 0 spiro atoms. The van der Waals surface area contributed by atoms with E-state index in [2.05, 4.69) is 6.92 Å². The van der Waals surface area contributed by atoms with Crippen LogP contribution in [0.2, 0.25) is 0 Å². The lowest BCUT2D eigenvalue weighted by molar-refractivity contribution is -0.139. The van der Waals surface area contributed by atoms with Crippen molar-refractivity contribution < 1.29 is 14.6 Å². The van der Waals surface area contributed by atoms with Crippen LogP contribution in [0.4, 0.5) is 5.69 Å². The summed E-state index contributed by atoms with van der Waals surface area (Å²) in [7, 11) is 1.56. The summed E-state index contributed by atoms with van der Waals surface area (Å²) in [5, 5.41) is 9.37. The number of carboxylic acids is 1. The first-order valence-electron chi connectivity index (χ1n) is 6.76. The highest BCUT2D eigenvalue weighted by atomic mass is 16.5. The lowest BCUT2D eigenvalue weighted by Crippen LogP contribution is -2.13. The van der Waals surface area contributed by atoms with E-state index in [-0.39, 0.29) is 0 Å². The van der Waals surface area contributed by atoms with Gasteiger partial charge in [0.1, 0.15) is 5.75 Å². The number of anilines is 1. The van der Waals surface area contributed by atoms with Gasteiger partial charge < -0.3 is 15.6 Å². The molecule has 0 radical (unpaired) electrons. The molecule has 0 saturated heterocycles. The smallest absolute Gasteiger partial charge is 0.311 e. The number of methoxy groups -OCH3 is 1. The van der Waals surface area contributed by atoms with E-state index >= 15 is 0 Å². The monoisotopic (exact) mass is 265 g/mol. The topological polar surface area (TPSA) is 72.5 Å². The van der Waals surface area contributed by atoms with Gasteiger partial charge in [-0.1, -0.05) is 32.6 Å². The summed E-state index contributed by atoms with van der Waals surface area (Å²) < 4.78 is 5.13. The Hall–Kier alpha value is -1.71. The summed E-state index contributed by atoms with van der Waals surface area (Å²) >= 11 is 0. The third-order valence-electron chi connectivity index (χ3n) is 3.31. The van der Waals surface area contributed by atoms with Crippen molar-refractivity contribution in [2.24, 2.45) is 0 Å². The van der Waals surface area contributed by atoms with Crippen LogP contribution in [0.5, 0.6) is 5.75 Å². The Bertz CT molecular complexity index is 418. The zero-order chi connectivity index (χ0) is 14.3. The van der Waals surface area contributed by atoms with Crippen LogP contribution in [-0.4, -0.2) is 18.2 Å². The van der Waals surface area contributed by atoms with E-state index < -0.39 is 11.9 Å². The molecule has 0 heterocycles. The first-order valence-corrected chi connectivity index (χ1v) is 6.76. The van der Waals surface area contributed by atoms with Crippen molar-refractivity contribution in [3.63, 3.8) is 0 Å². The molecule has 1 rings (SSSR count). The molecular formula is C15H23NO3. The van der Waals surface area contributed by atoms with Crippen molar-refractivity contribution >= 4 is 11.7 Å². The molecule has 0 aliphatic carbocycles. The molecule has 0 amide bonds. The molecule has 1 aromatic carbocycles. The summed E-state index contributed by atoms with van der Waals surface area (Å²) in [5.41, 5.74) is 7.07. The Kier molecular flexibility index (Phi) is 6.19. The van der Waals surface area contributed by atoms with E-state index in [0.29, 0.717) is 23.4 Å². The third-order valence-corrected chi connectivity index (χ3v) is 3.31. The zero-order valence-electron chi connectivity index (χ0n) is 11.7. The van der Waals surface area contributed by atoms with Crippen molar-refractivity contribution in [1.82, 2.24) is 0 Å². The minimum atomic E-state index is -0.823. The molecule has 0 aliphatic heterocycles. The van der Waals surface area contributed by atoms with Crippen molar-refractivity contribution in [2.45, 2.75) is 44.9 Å². The molecule has 19 heavy (non-hydrogen) atoms. The van der Waals surface area contributed by atoms with Gasteiger partial charge in [-0.2, -0.15) is 0 Å². The molecule has 0 bridgehead atoms. The SMILES string of the molecule is CCCCCCC(C(=O)O)c1cc(OC)ccc1N. The fourth-order valence-electron chi connectivity index (χ4n) is 2.17. The Morgan fingerprint density at radius 2 is 2.11 bits per heavy atom. The molecule has 4 nitrogen and oxygen atoms in total. The van der Waals surface area contributed by atoms with Crippen LogP contribution in [0.1, 0.15) is 50.5 Å². The van der Waals surface area contributed by atoms with Crippen LogP contribution in [-0.2, 0) is 4.79 Å². The minimum Gasteiger partial charge on any atom is -0.497 e. The van der Waals surface area contributed by atoms with Crippen molar-refractivity contribution in [3.05, 3.63) is 23.8 Å². The van der Waals surface area contributed by atoms with E-state index in [0.717, 1.165) is 25.7 Å². The lowest BCUT2D eigenvalue weighted by atomic mass is 9.91. The normalized spacial score (nSPS) is 12.1. The zero-order valence-corrected chi connectivity index (χ0v) is 11.7. The van der Waals surface area contributed by atoms with Gasteiger partial charge in [-0.05, 0) is 30.2 Å². The van der Waals surface area contributed by atoms with E-state index in [4.69, 9.17) is 10.5 Å². The predicted octanol–water partition coefficient (Wildman–Crippen LogP) is 3.42. The number of nitrogens with two attached hydrogens (primary N) is 1. The maximum atomic E-state index is 11.4. The van der Waals surface area contributed by atoms with Gasteiger partial charge in [-0.25, -0.2) is 0 Å². The molecular weight excluding hydrogens is 242 g/mol. The van der Waals surface area contributed by atoms with E-state index in [1.807, 2.05) is 0 Å². The molecule has 4 heteroatoms. The Labute approximate surface area is 114 Å². The van der Waals surface area contributed by atoms with E-state index in [1.54, 1.807) is 25.3 Å². The van der Waals surface area contributed by atoms with Crippen molar-refractivity contribution in [3.8, 4) is 5.75 Å². The summed E-state index contributed by atoms with van der Waals surface area (Å²) in [4.78, 5) is 11.4. The van der Waals surface area contributed by atoms with Gasteiger partial charge in [0.2, 0.25) is 0 Å². The number of hydrogen-bond donors (Lipinski definition) is 2. The van der Waals surface area contributed by atoms with E-state index in [9.17, 15) is 9.90 Å².